The van der Waals surface area contributed by atoms with Crippen molar-refractivity contribution in [3.05, 3.63) is 6.20 Å². The van der Waals surface area contributed by atoms with E-state index < -0.39 is 0 Å². The lowest BCUT2D eigenvalue weighted by Crippen LogP contribution is -2.24. The fourth-order valence-electron chi connectivity index (χ4n) is 1.55. The lowest BCUT2D eigenvalue weighted by Gasteiger charge is -2.11. The quantitative estimate of drug-likeness (QED) is 0.425. The first-order valence-corrected chi connectivity index (χ1v) is 5.73. The van der Waals surface area contributed by atoms with E-state index in [1.807, 2.05) is 0 Å². The second kappa shape index (κ2) is 5.48. The highest BCUT2D eigenvalue weighted by molar-refractivity contribution is 5.87. The number of nitrogens with one attached hydrogen (secondary N) is 3. The molecule has 5 N–H and O–H groups in total. The van der Waals surface area contributed by atoms with Gasteiger partial charge in [-0.15, -0.1) is 0 Å². The Hall–Kier alpha value is -2.42. The molecule has 9 heteroatoms. The first kappa shape index (κ1) is 13.0. The van der Waals surface area contributed by atoms with Gasteiger partial charge in [0.15, 0.2) is 5.65 Å². The second-order valence-corrected chi connectivity index (χ2v) is 4.14. The van der Waals surface area contributed by atoms with Crippen LogP contribution < -0.4 is 16.6 Å². The van der Waals surface area contributed by atoms with Crippen LogP contribution in [0.1, 0.15) is 6.42 Å². The molecule has 2 aromatic heterocycles. The van der Waals surface area contributed by atoms with E-state index in [1.54, 1.807) is 25.2 Å². The number of hydrazine groups is 1. The van der Waals surface area contributed by atoms with Crippen LogP contribution in [0.2, 0.25) is 0 Å². The van der Waals surface area contributed by atoms with E-state index in [0.717, 1.165) is 5.39 Å². The maximum absolute atomic E-state index is 11.5. The number of H-pyrrole nitrogens is 1. The van der Waals surface area contributed by atoms with Gasteiger partial charge in [-0.1, -0.05) is 0 Å². The third-order valence-electron chi connectivity index (χ3n) is 2.57. The number of aromatic nitrogens is 4. The Kier molecular flexibility index (Phi) is 3.76. The smallest absolute Gasteiger partial charge is 0.241 e. The molecule has 0 aromatic carbocycles. The Morgan fingerprint density at radius 2 is 2.26 bits per heavy atom. The number of amides is 1. The monoisotopic (exact) mass is 264 g/mol. The van der Waals surface area contributed by atoms with Gasteiger partial charge in [0.05, 0.1) is 11.6 Å². The fraction of sp³-hybridized carbons (Fsp3) is 0.400. The van der Waals surface area contributed by atoms with E-state index in [1.165, 1.54) is 0 Å². The van der Waals surface area contributed by atoms with Gasteiger partial charge in [0.2, 0.25) is 11.9 Å². The zero-order valence-corrected chi connectivity index (χ0v) is 10.8. The number of carbonyl (C=O) groups is 1. The minimum Gasteiger partial charge on any atom is -0.369 e. The van der Waals surface area contributed by atoms with Crippen LogP contribution >= 0.6 is 0 Å². The highest BCUT2D eigenvalue weighted by Crippen LogP contribution is 2.19. The standard InChI is InChI=1S/C10H16N8O/c1-18(2)7(19)3-4-12-8-6-5-13-17-9(6)15-10(14-8)16-11/h5H,3-4,11H2,1-2H3,(H3,12,13,14,15,16,17). The van der Waals surface area contributed by atoms with Crippen molar-refractivity contribution in [3.8, 4) is 0 Å². The number of hydrogen-bond donors (Lipinski definition) is 4. The van der Waals surface area contributed by atoms with Crippen molar-refractivity contribution in [2.45, 2.75) is 6.42 Å². The maximum Gasteiger partial charge on any atom is 0.241 e. The lowest BCUT2D eigenvalue weighted by atomic mass is 10.3. The van der Waals surface area contributed by atoms with Gasteiger partial charge < -0.3 is 10.2 Å². The van der Waals surface area contributed by atoms with Crippen molar-refractivity contribution in [2.75, 3.05) is 31.4 Å². The van der Waals surface area contributed by atoms with Crippen LogP contribution in [0.15, 0.2) is 6.20 Å². The normalized spacial score (nSPS) is 10.5. The van der Waals surface area contributed by atoms with E-state index in [0.29, 0.717) is 24.4 Å². The van der Waals surface area contributed by atoms with Gasteiger partial charge in [0, 0.05) is 27.1 Å². The van der Waals surface area contributed by atoms with Crippen LogP contribution in [0, 0.1) is 0 Å². The summed E-state index contributed by atoms with van der Waals surface area (Å²) in [5.74, 6) is 6.20. The number of rotatable bonds is 5. The number of fused-ring (bicyclic) bond motifs is 1. The van der Waals surface area contributed by atoms with Gasteiger partial charge in [0.25, 0.3) is 0 Å². The average molecular weight is 264 g/mol. The van der Waals surface area contributed by atoms with Gasteiger partial charge in [-0.2, -0.15) is 15.1 Å². The molecule has 19 heavy (non-hydrogen) atoms. The molecule has 102 valence electrons. The Bertz CT molecular complexity index is 578. The number of hydrogen-bond acceptors (Lipinski definition) is 7. The molecule has 0 bridgehead atoms. The molecule has 2 rings (SSSR count). The number of anilines is 2. The summed E-state index contributed by atoms with van der Waals surface area (Å²) in [6.07, 6.45) is 1.99. The molecule has 0 aliphatic heterocycles. The van der Waals surface area contributed by atoms with E-state index in [-0.39, 0.29) is 11.9 Å². The topological polar surface area (TPSA) is 125 Å². The molecule has 2 heterocycles. The summed E-state index contributed by atoms with van der Waals surface area (Å²) in [4.78, 5) is 21.3. The average Bonchev–Trinajstić information content (AvgIpc) is 2.86. The number of nitrogen functional groups attached to an aromatic ring is 1. The third-order valence-corrected chi connectivity index (χ3v) is 2.57. The van der Waals surface area contributed by atoms with Gasteiger partial charge in [-0.05, 0) is 0 Å². The van der Waals surface area contributed by atoms with Crippen molar-refractivity contribution in [1.82, 2.24) is 25.1 Å². The number of nitrogens with two attached hydrogens (primary N) is 1. The minimum atomic E-state index is 0.0437. The molecule has 0 saturated carbocycles. The molecular weight excluding hydrogens is 248 g/mol. The van der Waals surface area contributed by atoms with Crippen LogP contribution in [0.4, 0.5) is 11.8 Å². The maximum atomic E-state index is 11.5. The highest BCUT2D eigenvalue weighted by atomic mass is 16.2. The van der Waals surface area contributed by atoms with E-state index in [4.69, 9.17) is 5.84 Å². The van der Waals surface area contributed by atoms with Crippen molar-refractivity contribution in [3.63, 3.8) is 0 Å². The van der Waals surface area contributed by atoms with Crippen molar-refractivity contribution in [1.29, 1.82) is 0 Å². The largest absolute Gasteiger partial charge is 0.369 e. The third kappa shape index (κ3) is 2.88. The molecule has 0 unspecified atom stereocenters. The molecule has 0 aliphatic rings. The summed E-state index contributed by atoms with van der Waals surface area (Å²) in [6.45, 7) is 0.471. The molecule has 0 aliphatic carbocycles. The number of carbonyl (C=O) groups excluding carboxylic acids is 1. The molecule has 9 nitrogen and oxygen atoms in total. The highest BCUT2D eigenvalue weighted by Gasteiger charge is 2.09. The summed E-state index contributed by atoms with van der Waals surface area (Å²) in [6, 6.07) is 0. The molecule has 0 fully saturated rings. The van der Waals surface area contributed by atoms with Crippen LogP contribution in [0.5, 0.6) is 0 Å². The van der Waals surface area contributed by atoms with Crippen LogP contribution in [0.25, 0.3) is 11.0 Å². The first-order valence-electron chi connectivity index (χ1n) is 5.73. The lowest BCUT2D eigenvalue weighted by molar-refractivity contribution is -0.128. The van der Waals surface area contributed by atoms with E-state index >= 15 is 0 Å². The van der Waals surface area contributed by atoms with Gasteiger partial charge in [-0.3, -0.25) is 15.3 Å². The van der Waals surface area contributed by atoms with Gasteiger partial charge in [-0.25, -0.2) is 5.84 Å². The van der Waals surface area contributed by atoms with Crippen molar-refractivity contribution >= 4 is 28.7 Å². The van der Waals surface area contributed by atoms with Crippen molar-refractivity contribution < 1.29 is 4.79 Å². The van der Waals surface area contributed by atoms with Gasteiger partial charge >= 0.3 is 0 Å². The molecule has 0 saturated heterocycles. The molecular formula is C10H16N8O. The predicted octanol–water partition coefficient (Wildman–Crippen LogP) is -0.471. The first-order chi connectivity index (χ1) is 9.11. The van der Waals surface area contributed by atoms with E-state index in [9.17, 15) is 4.79 Å². The summed E-state index contributed by atoms with van der Waals surface area (Å²) in [7, 11) is 3.44. The Morgan fingerprint density at radius 3 is 2.95 bits per heavy atom. The molecule has 0 atom stereocenters. The molecule has 0 radical (unpaired) electrons. The van der Waals surface area contributed by atoms with Gasteiger partial charge in [0.1, 0.15) is 5.82 Å². The molecule has 1 amide bonds. The van der Waals surface area contributed by atoms with Crippen LogP contribution in [0.3, 0.4) is 0 Å². The second-order valence-electron chi connectivity index (χ2n) is 4.14. The van der Waals surface area contributed by atoms with Crippen LogP contribution in [-0.4, -0.2) is 51.6 Å². The molecule has 2 aromatic rings. The predicted molar refractivity (Wildman–Crippen MR) is 71.3 cm³/mol. The number of nitrogens with zero attached hydrogens (tertiary/aromatic N) is 4. The minimum absolute atomic E-state index is 0.0437. The Morgan fingerprint density at radius 1 is 1.47 bits per heavy atom. The Balaban J connectivity index is 2.11. The number of aromatic amines is 1. The summed E-state index contributed by atoms with van der Waals surface area (Å²) in [5, 5.41) is 10.5. The molecule has 0 spiro atoms. The SMILES string of the molecule is CN(C)C(=O)CCNc1nc(NN)nc2[nH]ncc12. The summed E-state index contributed by atoms with van der Waals surface area (Å²) >= 11 is 0. The Labute approximate surface area is 109 Å². The van der Waals surface area contributed by atoms with E-state index in [2.05, 4.69) is 30.9 Å². The summed E-state index contributed by atoms with van der Waals surface area (Å²) < 4.78 is 0. The van der Waals surface area contributed by atoms with Crippen molar-refractivity contribution in [2.24, 2.45) is 5.84 Å². The summed E-state index contributed by atoms with van der Waals surface area (Å²) in [5.41, 5.74) is 2.96. The fourth-order valence-corrected chi connectivity index (χ4v) is 1.55. The zero-order valence-electron chi connectivity index (χ0n) is 10.8. The van der Waals surface area contributed by atoms with Crippen LogP contribution in [-0.2, 0) is 4.79 Å². The zero-order chi connectivity index (χ0) is 13.8.